The molecule has 5 heteroatoms. The summed E-state index contributed by atoms with van der Waals surface area (Å²) < 4.78 is 14.8. The third kappa shape index (κ3) is 1.73. The van der Waals surface area contributed by atoms with Crippen LogP contribution in [0.25, 0.3) is 5.69 Å². The first-order chi connectivity index (χ1) is 7.22. The van der Waals surface area contributed by atoms with E-state index in [9.17, 15) is 4.39 Å². The predicted molar refractivity (Wildman–Crippen MR) is 52.0 cm³/mol. The van der Waals surface area contributed by atoms with Gasteiger partial charge in [0.05, 0.1) is 5.69 Å². The second-order valence-electron chi connectivity index (χ2n) is 3.21. The van der Waals surface area contributed by atoms with Crippen molar-refractivity contribution in [2.45, 2.75) is 13.5 Å². The zero-order valence-electron chi connectivity index (χ0n) is 8.18. The zero-order chi connectivity index (χ0) is 10.8. The van der Waals surface area contributed by atoms with Crippen LogP contribution in [0.1, 0.15) is 11.4 Å². The van der Waals surface area contributed by atoms with Crippen LogP contribution in [0.4, 0.5) is 4.39 Å². The number of aromatic nitrogens is 3. The number of halogens is 1. The van der Waals surface area contributed by atoms with E-state index in [0.29, 0.717) is 17.1 Å². The normalized spacial score (nSPS) is 10.6. The maximum Gasteiger partial charge on any atom is 0.163 e. The van der Waals surface area contributed by atoms with Gasteiger partial charge in [-0.25, -0.2) is 4.39 Å². The second kappa shape index (κ2) is 3.78. The molecule has 0 aliphatic heterocycles. The van der Waals surface area contributed by atoms with E-state index in [2.05, 4.69) is 10.2 Å². The minimum Gasteiger partial charge on any atom is -0.388 e. The van der Waals surface area contributed by atoms with Gasteiger partial charge in [-0.15, -0.1) is 10.2 Å². The summed E-state index contributed by atoms with van der Waals surface area (Å²) in [6, 6.07) is 4.81. The Morgan fingerprint density at radius 2 is 2.27 bits per heavy atom. The highest BCUT2D eigenvalue weighted by Crippen LogP contribution is 2.14. The highest BCUT2D eigenvalue weighted by atomic mass is 19.1. The predicted octanol–water partition coefficient (Wildman–Crippen LogP) is 1.21. The van der Waals surface area contributed by atoms with Crippen molar-refractivity contribution in [3.05, 3.63) is 41.7 Å². The molecule has 15 heavy (non-hydrogen) atoms. The minimum absolute atomic E-state index is 0.227. The quantitative estimate of drug-likeness (QED) is 0.805. The van der Waals surface area contributed by atoms with Gasteiger partial charge in [-0.3, -0.25) is 4.57 Å². The highest BCUT2D eigenvalue weighted by Gasteiger charge is 2.06. The third-order valence-electron chi connectivity index (χ3n) is 2.19. The van der Waals surface area contributed by atoms with E-state index in [1.165, 1.54) is 12.4 Å². The Hall–Kier alpha value is -1.75. The molecule has 0 aliphatic carbocycles. The largest absolute Gasteiger partial charge is 0.388 e. The standard InChI is InChI=1S/C10H10FN3O/c1-7-2-3-8(4-9(7)11)14-6-12-13-10(14)5-15/h2-4,6,15H,5H2,1H3. The van der Waals surface area contributed by atoms with E-state index in [4.69, 9.17) is 5.11 Å². The zero-order valence-corrected chi connectivity index (χ0v) is 8.18. The van der Waals surface area contributed by atoms with Crippen LogP contribution in [-0.2, 0) is 6.61 Å². The van der Waals surface area contributed by atoms with Crippen LogP contribution in [-0.4, -0.2) is 19.9 Å². The third-order valence-corrected chi connectivity index (χ3v) is 2.19. The molecule has 0 unspecified atom stereocenters. The van der Waals surface area contributed by atoms with E-state index in [1.807, 2.05) is 0 Å². The average molecular weight is 207 g/mol. The Morgan fingerprint density at radius 1 is 1.47 bits per heavy atom. The van der Waals surface area contributed by atoms with Gasteiger partial charge in [0.1, 0.15) is 18.8 Å². The molecule has 1 N–H and O–H groups in total. The van der Waals surface area contributed by atoms with Crippen molar-refractivity contribution < 1.29 is 9.50 Å². The number of aliphatic hydroxyl groups is 1. The Balaban J connectivity index is 2.50. The fourth-order valence-electron chi connectivity index (χ4n) is 1.31. The van der Waals surface area contributed by atoms with Crippen LogP contribution < -0.4 is 0 Å². The number of benzene rings is 1. The molecule has 0 bridgehead atoms. The smallest absolute Gasteiger partial charge is 0.163 e. The molecule has 0 spiro atoms. The van der Waals surface area contributed by atoms with E-state index < -0.39 is 0 Å². The summed E-state index contributed by atoms with van der Waals surface area (Å²) in [4.78, 5) is 0. The number of rotatable bonds is 2. The number of aliphatic hydroxyl groups excluding tert-OH is 1. The van der Waals surface area contributed by atoms with Gasteiger partial charge < -0.3 is 5.11 Å². The van der Waals surface area contributed by atoms with Gasteiger partial charge in [0.2, 0.25) is 0 Å². The number of aryl methyl sites for hydroxylation is 1. The molecule has 1 aromatic carbocycles. The van der Waals surface area contributed by atoms with Crippen molar-refractivity contribution in [2.24, 2.45) is 0 Å². The molecule has 2 aromatic rings. The Kier molecular flexibility index (Phi) is 2.47. The SMILES string of the molecule is Cc1ccc(-n2cnnc2CO)cc1F. The molecule has 0 aliphatic rings. The Bertz CT molecular complexity index is 481. The van der Waals surface area contributed by atoms with Crippen LogP contribution in [0.15, 0.2) is 24.5 Å². The van der Waals surface area contributed by atoms with Crippen molar-refractivity contribution in [3.8, 4) is 5.69 Å². The molecule has 0 amide bonds. The van der Waals surface area contributed by atoms with Crippen molar-refractivity contribution in [1.82, 2.24) is 14.8 Å². The topological polar surface area (TPSA) is 50.9 Å². The highest BCUT2D eigenvalue weighted by molar-refractivity contribution is 5.35. The van der Waals surface area contributed by atoms with Gasteiger partial charge in [0.25, 0.3) is 0 Å². The first-order valence-electron chi connectivity index (χ1n) is 4.48. The molecular weight excluding hydrogens is 197 g/mol. The molecule has 0 saturated heterocycles. The van der Waals surface area contributed by atoms with Gasteiger partial charge in [-0.05, 0) is 24.6 Å². The molecule has 0 radical (unpaired) electrons. The van der Waals surface area contributed by atoms with Crippen LogP contribution >= 0.6 is 0 Å². The van der Waals surface area contributed by atoms with Gasteiger partial charge >= 0.3 is 0 Å². The molecule has 0 atom stereocenters. The number of hydrogen-bond acceptors (Lipinski definition) is 3. The van der Waals surface area contributed by atoms with Gasteiger partial charge in [0, 0.05) is 0 Å². The van der Waals surface area contributed by atoms with Crippen LogP contribution in [0, 0.1) is 12.7 Å². The van der Waals surface area contributed by atoms with Crippen molar-refractivity contribution >= 4 is 0 Å². The van der Waals surface area contributed by atoms with Gasteiger partial charge in [0.15, 0.2) is 5.82 Å². The lowest BCUT2D eigenvalue weighted by atomic mass is 10.2. The van der Waals surface area contributed by atoms with Crippen molar-refractivity contribution in [3.63, 3.8) is 0 Å². The van der Waals surface area contributed by atoms with Crippen molar-refractivity contribution in [2.75, 3.05) is 0 Å². The lowest BCUT2D eigenvalue weighted by Gasteiger charge is -2.05. The van der Waals surface area contributed by atoms with Gasteiger partial charge in [-0.1, -0.05) is 6.07 Å². The maximum atomic E-state index is 13.3. The number of hydrogen-bond donors (Lipinski definition) is 1. The fraction of sp³-hybridized carbons (Fsp3) is 0.200. The van der Waals surface area contributed by atoms with Crippen LogP contribution in [0.3, 0.4) is 0 Å². The average Bonchev–Trinajstić information content (AvgIpc) is 2.70. The molecule has 1 aromatic heterocycles. The summed E-state index contributed by atoms with van der Waals surface area (Å²) in [7, 11) is 0. The van der Waals surface area contributed by atoms with Gasteiger partial charge in [-0.2, -0.15) is 0 Å². The molecule has 0 saturated carbocycles. The first kappa shape index (κ1) is 9.79. The summed E-state index contributed by atoms with van der Waals surface area (Å²) in [5.74, 6) is 0.100. The molecule has 78 valence electrons. The molecular formula is C10H10FN3O. The van der Waals surface area contributed by atoms with E-state index in [-0.39, 0.29) is 12.4 Å². The van der Waals surface area contributed by atoms with Crippen molar-refractivity contribution in [1.29, 1.82) is 0 Å². The van der Waals surface area contributed by atoms with Crippen LogP contribution in [0.2, 0.25) is 0 Å². The summed E-state index contributed by atoms with van der Waals surface area (Å²) in [5, 5.41) is 16.3. The molecule has 4 nitrogen and oxygen atoms in total. The van der Waals surface area contributed by atoms with E-state index in [1.54, 1.807) is 23.6 Å². The Labute approximate surface area is 86.0 Å². The molecule has 0 fully saturated rings. The van der Waals surface area contributed by atoms with Crippen LogP contribution in [0.5, 0.6) is 0 Å². The minimum atomic E-state index is -0.287. The maximum absolute atomic E-state index is 13.3. The lowest BCUT2D eigenvalue weighted by molar-refractivity contribution is 0.269. The number of nitrogens with zero attached hydrogens (tertiary/aromatic N) is 3. The summed E-state index contributed by atoms with van der Waals surface area (Å²) in [5.41, 5.74) is 1.18. The lowest BCUT2D eigenvalue weighted by Crippen LogP contribution is -2.00. The second-order valence-corrected chi connectivity index (χ2v) is 3.21. The first-order valence-corrected chi connectivity index (χ1v) is 4.48. The van der Waals surface area contributed by atoms with E-state index in [0.717, 1.165) is 0 Å². The summed E-state index contributed by atoms with van der Waals surface area (Å²) in [6.45, 7) is 1.47. The molecule has 1 heterocycles. The van der Waals surface area contributed by atoms with E-state index >= 15 is 0 Å². The fourth-order valence-corrected chi connectivity index (χ4v) is 1.31. The Morgan fingerprint density at radius 3 is 2.93 bits per heavy atom. The monoisotopic (exact) mass is 207 g/mol. The summed E-state index contributed by atoms with van der Waals surface area (Å²) >= 11 is 0. The molecule has 2 rings (SSSR count). The summed E-state index contributed by atoms with van der Waals surface area (Å²) in [6.07, 6.45) is 1.44.